The van der Waals surface area contributed by atoms with Crippen LogP contribution in [0.15, 0.2) is 160 Å². The largest absolute Gasteiger partial charge is 0.353 e. The molecule has 55 heavy (non-hydrogen) atoms. The minimum Gasteiger partial charge on any atom is -0.353 e. The zero-order valence-electron chi connectivity index (χ0n) is 29.3. The van der Waals surface area contributed by atoms with Crippen LogP contribution in [0, 0.1) is 0 Å². The summed E-state index contributed by atoms with van der Waals surface area (Å²) in [5.74, 6) is 0. The average molecular weight is 763 g/mol. The van der Waals surface area contributed by atoms with Crippen LogP contribution >= 0.6 is 34.0 Å². The van der Waals surface area contributed by atoms with Crippen LogP contribution < -0.4 is 0 Å². The van der Waals surface area contributed by atoms with Crippen molar-refractivity contribution in [3.8, 4) is 33.8 Å². The van der Waals surface area contributed by atoms with E-state index < -0.39 is 0 Å². The van der Waals surface area contributed by atoms with Crippen molar-refractivity contribution >= 4 is 99.4 Å². The molecule has 0 aliphatic heterocycles. The summed E-state index contributed by atoms with van der Waals surface area (Å²) in [6.45, 7) is 0.652. The first-order chi connectivity index (χ1) is 27.3. The predicted molar refractivity (Wildman–Crippen MR) is 233 cm³/mol. The summed E-state index contributed by atoms with van der Waals surface area (Å²) in [6, 6.07) is 38.5. The van der Waals surface area contributed by atoms with Gasteiger partial charge < -0.3 is 14.1 Å². The van der Waals surface area contributed by atoms with Crippen molar-refractivity contribution in [3.05, 3.63) is 160 Å². The summed E-state index contributed by atoms with van der Waals surface area (Å²) in [5, 5.41) is 20.3. The molecule has 3 aromatic carbocycles. The summed E-state index contributed by atoms with van der Waals surface area (Å²) in [7, 11) is 0. The van der Waals surface area contributed by atoms with Crippen molar-refractivity contribution in [2.24, 2.45) is 0 Å². The molecular formula is C46H30N6S3. The summed E-state index contributed by atoms with van der Waals surface area (Å²) < 4.78 is 4.86. The molecular weight excluding hydrogens is 733 g/mol. The van der Waals surface area contributed by atoms with E-state index in [9.17, 15) is 0 Å². The second-order valence-corrected chi connectivity index (χ2v) is 15.8. The van der Waals surface area contributed by atoms with Crippen LogP contribution in [0.5, 0.6) is 0 Å². The number of benzene rings is 3. The minimum absolute atomic E-state index is 0.652. The molecule has 0 saturated heterocycles. The van der Waals surface area contributed by atoms with E-state index in [1.807, 2.05) is 18.6 Å². The zero-order chi connectivity index (χ0) is 36.3. The fourth-order valence-electron chi connectivity index (χ4n) is 8.05. The fraction of sp³-hybridized carbons (Fsp3) is 0.0217. The molecule has 1 N–H and O–H groups in total. The second kappa shape index (κ2) is 13.2. The van der Waals surface area contributed by atoms with E-state index in [2.05, 4.69) is 161 Å². The molecule has 0 spiro atoms. The summed E-state index contributed by atoms with van der Waals surface area (Å²) in [4.78, 5) is 17.8. The predicted octanol–water partition coefficient (Wildman–Crippen LogP) is 13.1. The smallest absolute Gasteiger partial charge is 0.100 e. The lowest BCUT2D eigenvalue weighted by Crippen LogP contribution is -2.09. The number of pyridine rings is 3. The number of para-hydroxylation sites is 3. The van der Waals surface area contributed by atoms with Crippen LogP contribution in [0.3, 0.4) is 0 Å². The summed E-state index contributed by atoms with van der Waals surface area (Å²) in [5.41, 5.74) is 13.6. The van der Waals surface area contributed by atoms with Crippen LogP contribution in [-0.2, 0) is 6.67 Å². The van der Waals surface area contributed by atoms with Crippen LogP contribution in [0.1, 0.15) is 0 Å². The Kier molecular flexibility index (Phi) is 7.68. The molecule has 0 bridgehead atoms. The molecule has 0 fully saturated rings. The second-order valence-electron chi connectivity index (χ2n) is 13.4. The zero-order valence-corrected chi connectivity index (χ0v) is 31.7. The number of nitrogens with one attached hydrogen (secondary N) is 1. The molecule has 12 rings (SSSR count). The fourth-order valence-corrected chi connectivity index (χ4v) is 9.97. The first-order valence-electron chi connectivity index (χ1n) is 18.0. The van der Waals surface area contributed by atoms with Gasteiger partial charge in [-0.3, -0.25) is 15.0 Å². The Balaban J connectivity index is 0.000000163. The number of nitrogens with zero attached hydrogens (tertiary/aromatic N) is 5. The maximum absolute atomic E-state index is 4.88. The third-order valence-electron chi connectivity index (χ3n) is 10.5. The van der Waals surface area contributed by atoms with Gasteiger partial charge in [-0.15, -0.1) is 0 Å². The van der Waals surface area contributed by atoms with E-state index in [4.69, 9.17) is 9.97 Å². The van der Waals surface area contributed by atoms with Gasteiger partial charge >= 0.3 is 0 Å². The molecule has 0 atom stereocenters. The Morgan fingerprint density at radius 2 is 0.891 bits per heavy atom. The van der Waals surface area contributed by atoms with Crippen molar-refractivity contribution in [2.75, 3.05) is 0 Å². The van der Waals surface area contributed by atoms with E-state index >= 15 is 0 Å². The van der Waals surface area contributed by atoms with Gasteiger partial charge in [0.1, 0.15) is 6.67 Å². The van der Waals surface area contributed by atoms with Gasteiger partial charge in [-0.2, -0.15) is 34.0 Å². The van der Waals surface area contributed by atoms with Gasteiger partial charge in [-0.05, 0) is 70.7 Å². The first kappa shape index (κ1) is 32.1. The molecule has 9 heteroatoms. The van der Waals surface area contributed by atoms with E-state index in [1.54, 1.807) is 34.0 Å². The lowest BCUT2D eigenvalue weighted by Gasteiger charge is -2.15. The highest BCUT2D eigenvalue weighted by Gasteiger charge is 2.21. The number of thiophene rings is 3. The quantitative estimate of drug-likeness (QED) is 0.190. The molecule has 0 aliphatic rings. The van der Waals surface area contributed by atoms with Gasteiger partial charge in [0.2, 0.25) is 0 Å². The molecule has 6 nitrogen and oxygen atoms in total. The van der Waals surface area contributed by atoms with E-state index in [1.165, 1.54) is 48.9 Å². The molecule has 9 heterocycles. The maximum atomic E-state index is 4.88. The Morgan fingerprint density at radius 3 is 1.42 bits per heavy atom. The number of hydrogen-bond acceptors (Lipinski definition) is 6. The molecule has 0 aliphatic carbocycles. The SMILES string of the molecule is c1ccc2c(c1)[nH]c1c(-c3ccsc3)nccc12.c1ccc2c(c1)c1ccnc(-c3ccsc3)c1n2Cn1c2ccccc2c2ccnc(-c3ccsc3)c21. The number of aromatic amines is 1. The lowest BCUT2D eigenvalue weighted by atomic mass is 10.1. The number of rotatable bonds is 5. The molecule has 0 saturated carbocycles. The molecule has 0 unspecified atom stereocenters. The molecule has 0 radical (unpaired) electrons. The van der Waals surface area contributed by atoms with Crippen molar-refractivity contribution in [2.45, 2.75) is 6.67 Å². The van der Waals surface area contributed by atoms with Crippen molar-refractivity contribution < 1.29 is 0 Å². The molecule has 12 aromatic rings. The minimum atomic E-state index is 0.652. The highest BCUT2D eigenvalue weighted by Crippen LogP contribution is 2.39. The number of aromatic nitrogens is 6. The van der Waals surface area contributed by atoms with Crippen LogP contribution in [-0.4, -0.2) is 29.1 Å². The summed E-state index contributed by atoms with van der Waals surface area (Å²) >= 11 is 5.10. The van der Waals surface area contributed by atoms with Gasteiger partial charge in [0.15, 0.2) is 0 Å². The van der Waals surface area contributed by atoms with E-state index in [0.29, 0.717) is 6.67 Å². The Hall–Kier alpha value is -6.39. The standard InChI is InChI=1S/C31H20N4S2.C15H10N2S/c1-3-7-26-22(5-1)24-9-13-32-28(20-11-15-36-17-20)30(24)34(26)19-35-27-8-4-2-6-23(27)25-10-14-33-29(31(25)35)21-12-16-37-18-21;1-2-4-13-11(3-1)12-5-7-16-14(15(12)17-13)10-6-8-18-9-10/h1-18H,19H2;1-9,17H. The van der Waals surface area contributed by atoms with Crippen molar-refractivity contribution in [1.29, 1.82) is 0 Å². The van der Waals surface area contributed by atoms with E-state index in [-0.39, 0.29) is 0 Å². The molecule has 0 amide bonds. The topological polar surface area (TPSA) is 64.3 Å². The first-order valence-corrected chi connectivity index (χ1v) is 20.8. The third kappa shape index (κ3) is 5.23. The van der Waals surface area contributed by atoms with Crippen LogP contribution in [0.25, 0.3) is 99.2 Å². The molecule has 9 aromatic heterocycles. The summed E-state index contributed by atoms with van der Waals surface area (Å²) in [6.07, 6.45) is 5.76. The Labute approximate surface area is 327 Å². The monoisotopic (exact) mass is 762 g/mol. The van der Waals surface area contributed by atoms with Crippen LogP contribution in [0.4, 0.5) is 0 Å². The van der Waals surface area contributed by atoms with Gasteiger partial charge in [0, 0.05) is 89.3 Å². The van der Waals surface area contributed by atoms with Gasteiger partial charge in [0.25, 0.3) is 0 Å². The molecule has 262 valence electrons. The number of H-pyrrole nitrogens is 1. The van der Waals surface area contributed by atoms with Crippen LogP contribution in [0.2, 0.25) is 0 Å². The highest BCUT2D eigenvalue weighted by atomic mass is 32.1. The van der Waals surface area contributed by atoms with Gasteiger partial charge in [-0.1, -0.05) is 54.6 Å². The number of fused-ring (bicyclic) bond motifs is 9. The Bertz CT molecular complexity index is 3140. The van der Waals surface area contributed by atoms with Crippen molar-refractivity contribution in [1.82, 2.24) is 29.1 Å². The lowest BCUT2D eigenvalue weighted by molar-refractivity contribution is 0.682. The highest BCUT2D eigenvalue weighted by molar-refractivity contribution is 7.08. The van der Waals surface area contributed by atoms with E-state index in [0.717, 1.165) is 50.3 Å². The normalized spacial score (nSPS) is 11.7. The Morgan fingerprint density at radius 1 is 0.436 bits per heavy atom. The maximum Gasteiger partial charge on any atom is 0.100 e. The van der Waals surface area contributed by atoms with Gasteiger partial charge in [-0.25, -0.2) is 0 Å². The van der Waals surface area contributed by atoms with Crippen molar-refractivity contribution in [3.63, 3.8) is 0 Å². The van der Waals surface area contributed by atoms with Gasteiger partial charge in [0.05, 0.1) is 44.7 Å². The average Bonchev–Trinajstić information content (AvgIpc) is 4.10. The number of hydrogen-bond donors (Lipinski definition) is 1. The third-order valence-corrected chi connectivity index (χ3v) is 12.5.